The molecule has 8 nitrogen and oxygen atoms in total. The molecular weight excluding hydrogens is 404 g/mol. The van der Waals surface area contributed by atoms with Gasteiger partial charge in [-0.05, 0) is 30.5 Å². The Morgan fingerprint density at radius 1 is 1.20 bits per heavy atom. The molecule has 0 bridgehead atoms. The zero-order valence-electron chi connectivity index (χ0n) is 16.7. The van der Waals surface area contributed by atoms with Crippen molar-refractivity contribution in [2.24, 2.45) is 7.05 Å². The van der Waals surface area contributed by atoms with Crippen molar-refractivity contribution in [3.63, 3.8) is 0 Å². The molecule has 156 valence electrons. The number of para-hydroxylation sites is 1. The Hall–Kier alpha value is -3.17. The third kappa shape index (κ3) is 3.69. The molecule has 3 aromatic rings. The number of thiophene rings is 1. The molecule has 3 heterocycles. The van der Waals surface area contributed by atoms with Crippen molar-refractivity contribution >= 4 is 28.8 Å². The predicted octanol–water partition coefficient (Wildman–Crippen LogP) is 1.91. The highest BCUT2D eigenvalue weighted by Crippen LogP contribution is 2.19. The van der Waals surface area contributed by atoms with E-state index in [1.165, 1.54) is 20.9 Å². The van der Waals surface area contributed by atoms with E-state index in [0.717, 1.165) is 4.88 Å². The third-order valence-corrected chi connectivity index (χ3v) is 6.07. The van der Waals surface area contributed by atoms with Crippen molar-refractivity contribution in [2.75, 3.05) is 18.5 Å². The van der Waals surface area contributed by atoms with Gasteiger partial charge >= 0.3 is 0 Å². The molecule has 2 amide bonds. The van der Waals surface area contributed by atoms with Crippen molar-refractivity contribution in [3.8, 4) is 5.69 Å². The number of hydrogen-bond donors (Lipinski definition) is 1. The second kappa shape index (κ2) is 8.29. The van der Waals surface area contributed by atoms with E-state index in [-0.39, 0.29) is 30.4 Å². The van der Waals surface area contributed by atoms with Crippen molar-refractivity contribution in [2.45, 2.75) is 19.5 Å². The maximum atomic E-state index is 13.1. The molecular formula is C21H22N4O4S. The predicted molar refractivity (Wildman–Crippen MR) is 114 cm³/mol. The number of rotatable bonds is 5. The van der Waals surface area contributed by atoms with Crippen LogP contribution in [0.5, 0.6) is 0 Å². The first-order valence-electron chi connectivity index (χ1n) is 9.52. The number of hydrogen-bond acceptors (Lipinski definition) is 5. The van der Waals surface area contributed by atoms with Gasteiger partial charge in [-0.2, -0.15) is 0 Å². The summed E-state index contributed by atoms with van der Waals surface area (Å²) in [6.45, 7) is 2.13. The molecule has 1 atom stereocenters. The number of carbonyl (C=O) groups is 2. The highest BCUT2D eigenvalue weighted by atomic mass is 32.1. The Balaban J connectivity index is 1.61. The average Bonchev–Trinajstić information content (AvgIpc) is 3.33. The second-order valence-electron chi connectivity index (χ2n) is 7.06. The first-order chi connectivity index (χ1) is 14.5. The summed E-state index contributed by atoms with van der Waals surface area (Å²) >= 11 is 1.52. The van der Waals surface area contributed by atoms with Gasteiger partial charge in [-0.15, -0.1) is 11.3 Å². The minimum absolute atomic E-state index is 0.0552. The van der Waals surface area contributed by atoms with Gasteiger partial charge in [0.1, 0.15) is 18.3 Å². The standard InChI is InChI=1S/C21H22N4O4S/c1-14-19(21(28)25(23(14)2)15-7-4-3-5-8-15)22-20(27)17-12-29-13-18(26)24(17)11-16-9-6-10-30-16/h3-10,17H,11-13H2,1-2H3,(H,22,27)/t17-/m0/s1. The first-order valence-corrected chi connectivity index (χ1v) is 10.4. The molecule has 0 saturated carbocycles. The topological polar surface area (TPSA) is 85.6 Å². The fraction of sp³-hybridized carbons (Fsp3) is 0.286. The highest BCUT2D eigenvalue weighted by Gasteiger charge is 2.35. The number of carbonyl (C=O) groups excluding carboxylic acids is 2. The van der Waals surface area contributed by atoms with Crippen LogP contribution < -0.4 is 10.9 Å². The summed E-state index contributed by atoms with van der Waals surface area (Å²) in [6.07, 6.45) is 0. The van der Waals surface area contributed by atoms with Crippen molar-refractivity contribution < 1.29 is 14.3 Å². The van der Waals surface area contributed by atoms with Crippen LogP contribution in [0.1, 0.15) is 10.6 Å². The molecule has 1 saturated heterocycles. The molecule has 1 N–H and O–H groups in total. The van der Waals surface area contributed by atoms with Crippen LogP contribution in [0.4, 0.5) is 5.69 Å². The van der Waals surface area contributed by atoms with Crippen LogP contribution in [-0.2, 0) is 27.9 Å². The zero-order chi connectivity index (χ0) is 21.3. The second-order valence-corrected chi connectivity index (χ2v) is 8.09. The van der Waals surface area contributed by atoms with Crippen molar-refractivity contribution in [1.29, 1.82) is 0 Å². The fourth-order valence-corrected chi connectivity index (χ4v) is 4.21. The van der Waals surface area contributed by atoms with Crippen LogP contribution in [0.15, 0.2) is 52.6 Å². The smallest absolute Gasteiger partial charge is 0.295 e. The Morgan fingerprint density at radius 3 is 2.67 bits per heavy atom. The zero-order valence-corrected chi connectivity index (χ0v) is 17.5. The SMILES string of the molecule is Cc1c(NC(=O)[C@@H]2COCC(=O)N2Cc2cccs2)c(=O)n(-c2ccccc2)n1C. The highest BCUT2D eigenvalue weighted by molar-refractivity contribution is 7.09. The quantitative estimate of drug-likeness (QED) is 0.675. The number of nitrogens with zero attached hydrogens (tertiary/aromatic N) is 3. The van der Waals surface area contributed by atoms with Crippen LogP contribution in [-0.4, -0.2) is 45.3 Å². The normalized spacial score (nSPS) is 16.7. The number of aromatic nitrogens is 2. The van der Waals surface area contributed by atoms with Crippen LogP contribution in [0.2, 0.25) is 0 Å². The maximum absolute atomic E-state index is 13.1. The largest absolute Gasteiger partial charge is 0.369 e. The number of anilines is 1. The Morgan fingerprint density at radius 2 is 1.97 bits per heavy atom. The summed E-state index contributed by atoms with van der Waals surface area (Å²) in [5.41, 5.74) is 1.18. The van der Waals surface area contributed by atoms with Gasteiger partial charge in [0, 0.05) is 11.9 Å². The van der Waals surface area contributed by atoms with E-state index in [0.29, 0.717) is 17.9 Å². The van der Waals surface area contributed by atoms with Crippen LogP contribution in [0.25, 0.3) is 5.69 Å². The van der Waals surface area contributed by atoms with Crippen molar-refractivity contribution in [3.05, 3.63) is 68.8 Å². The third-order valence-electron chi connectivity index (χ3n) is 5.21. The number of ether oxygens (including phenoxy) is 1. The minimum Gasteiger partial charge on any atom is -0.369 e. The Labute approximate surface area is 177 Å². The number of amides is 2. The summed E-state index contributed by atoms with van der Waals surface area (Å²) in [4.78, 5) is 41.0. The lowest BCUT2D eigenvalue weighted by Gasteiger charge is -2.34. The molecule has 2 aromatic heterocycles. The van der Waals surface area contributed by atoms with Crippen LogP contribution >= 0.6 is 11.3 Å². The van der Waals surface area contributed by atoms with Gasteiger partial charge in [0.05, 0.1) is 24.5 Å². The lowest BCUT2D eigenvalue weighted by molar-refractivity contribution is -0.153. The van der Waals surface area contributed by atoms with E-state index in [4.69, 9.17) is 4.74 Å². The van der Waals surface area contributed by atoms with E-state index >= 15 is 0 Å². The van der Waals surface area contributed by atoms with E-state index in [1.54, 1.807) is 18.7 Å². The average molecular weight is 426 g/mol. The van der Waals surface area contributed by atoms with Crippen LogP contribution in [0.3, 0.4) is 0 Å². The van der Waals surface area contributed by atoms with Gasteiger partial charge in [-0.3, -0.25) is 19.1 Å². The number of nitrogens with one attached hydrogen (secondary N) is 1. The monoisotopic (exact) mass is 426 g/mol. The van der Waals surface area contributed by atoms with Gasteiger partial charge in [0.2, 0.25) is 11.8 Å². The first kappa shape index (κ1) is 20.1. The fourth-order valence-electron chi connectivity index (χ4n) is 3.51. The van der Waals surface area contributed by atoms with Gasteiger partial charge in [-0.25, -0.2) is 4.68 Å². The molecule has 0 aliphatic carbocycles. The molecule has 1 aromatic carbocycles. The molecule has 1 fully saturated rings. The molecule has 0 spiro atoms. The van der Waals surface area contributed by atoms with E-state index in [2.05, 4.69) is 5.32 Å². The Kier molecular flexibility index (Phi) is 5.56. The molecule has 30 heavy (non-hydrogen) atoms. The number of morpholine rings is 1. The molecule has 9 heteroatoms. The molecule has 4 rings (SSSR count). The van der Waals surface area contributed by atoms with Gasteiger partial charge < -0.3 is 15.0 Å². The minimum atomic E-state index is -0.808. The lowest BCUT2D eigenvalue weighted by atomic mass is 10.2. The molecule has 1 aliphatic rings. The summed E-state index contributed by atoms with van der Waals surface area (Å²) in [5.74, 6) is -0.688. The lowest BCUT2D eigenvalue weighted by Crippen LogP contribution is -2.54. The van der Waals surface area contributed by atoms with Crippen molar-refractivity contribution in [1.82, 2.24) is 14.3 Å². The Bertz CT molecular complexity index is 1120. The molecule has 1 aliphatic heterocycles. The summed E-state index contributed by atoms with van der Waals surface area (Å²) < 4.78 is 8.51. The maximum Gasteiger partial charge on any atom is 0.295 e. The van der Waals surface area contributed by atoms with Gasteiger partial charge in [0.15, 0.2) is 0 Å². The van der Waals surface area contributed by atoms with Crippen LogP contribution in [0, 0.1) is 6.92 Å². The molecule has 0 unspecified atom stereocenters. The van der Waals surface area contributed by atoms with Gasteiger partial charge in [0.25, 0.3) is 5.56 Å². The van der Waals surface area contributed by atoms with E-state index in [1.807, 2.05) is 47.8 Å². The van der Waals surface area contributed by atoms with E-state index in [9.17, 15) is 14.4 Å². The molecule has 0 radical (unpaired) electrons. The summed E-state index contributed by atoms with van der Waals surface area (Å²) in [5, 5.41) is 4.67. The van der Waals surface area contributed by atoms with E-state index < -0.39 is 11.9 Å². The summed E-state index contributed by atoms with van der Waals surface area (Å²) in [7, 11) is 1.76. The number of benzene rings is 1. The van der Waals surface area contributed by atoms with Gasteiger partial charge in [-0.1, -0.05) is 24.3 Å². The summed E-state index contributed by atoms with van der Waals surface area (Å²) in [6, 6.07) is 12.2.